The van der Waals surface area contributed by atoms with Gasteiger partial charge in [-0.15, -0.1) is 24.0 Å². The third kappa shape index (κ3) is 19.7. The van der Waals surface area contributed by atoms with Gasteiger partial charge in [-0.05, 0) is 38.5 Å². The first-order valence-electron chi connectivity index (χ1n) is 8.68. The fraction of sp³-hybridized carbons (Fsp3) is 0.737. The number of halogens is 1. The molecule has 0 aromatic heterocycles. The highest BCUT2D eigenvalue weighted by molar-refractivity contribution is 14.0. The summed E-state index contributed by atoms with van der Waals surface area (Å²) in [6, 6.07) is 0. The van der Waals surface area contributed by atoms with Gasteiger partial charge in [-0.1, -0.05) is 63.3 Å². The zero-order valence-corrected chi connectivity index (χ0v) is 16.8. The Morgan fingerprint density at radius 3 is 1.95 bits per heavy atom. The summed E-state index contributed by atoms with van der Waals surface area (Å²) in [6.07, 6.45) is 23.0. The summed E-state index contributed by atoms with van der Waals surface area (Å²) in [5, 5.41) is 0. The van der Waals surface area contributed by atoms with E-state index < -0.39 is 0 Å². The van der Waals surface area contributed by atoms with Crippen LogP contribution in [0.1, 0.15) is 84.0 Å². The highest BCUT2D eigenvalue weighted by atomic mass is 127. The van der Waals surface area contributed by atoms with Crippen LogP contribution in [0.4, 0.5) is 0 Å². The van der Waals surface area contributed by atoms with Crippen molar-refractivity contribution in [2.45, 2.75) is 84.0 Å². The monoisotopic (exact) mass is 422 g/mol. The van der Waals surface area contributed by atoms with Gasteiger partial charge in [0.2, 0.25) is 0 Å². The number of rotatable bonds is 14. The van der Waals surface area contributed by atoms with Crippen molar-refractivity contribution >= 4 is 29.9 Å². The van der Waals surface area contributed by atoms with Gasteiger partial charge in [0, 0.05) is 6.42 Å². The summed E-state index contributed by atoms with van der Waals surface area (Å²) in [5.74, 6) is -0.0827. The number of unbranched alkanes of at least 4 members (excludes halogenated alkanes) is 8. The molecule has 22 heavy (non-hydrogen) atoms. The number of carbonyl (C=O) groups is 1. The molecule has 0 saturated carbocycles. The molecule has 2 nitrogen and oxygen atoms in total. The second-order valence-electron chi connectivity index (χ2n) is 5.56. The Balaban J connectivity index is 0. The van der Waals surface area contributed by atoms with Gasteiger partial charge in [-0.3, -0.25) is 4.79 Å². The van der Waals surface area contributed by atoms with Gasteiger partial charge >= 0.3 is 5.97 Å². The molecule has 0 aliphatic heterocycles. The molecular weight excluding hydrogens is 387 g/mol. The molecular formula is C19H35IO2. The summed E-state index contributed by atoms with van der Waals surface area (Å²) < 4.78 is 4.62. The predicted molar refractivity (Wildman–Crippen MR) is 107 cm³/mol. The maximum Gasteiger partial charge on any atom is 0.305 e. The molecule has 0 aliphatic rings. The van der Waals surface area contributed by atoms with Gasteiger partial charge in [0.15, 0.2) is 0 Å². The van der Waals surface area contributed by atoms with Crippen LogP contribution < -0.4 is 0 Å². The fourth-order valence-electron chi connectivity index (χ4n) is 2.18. The summed E-state index contributed by atoms with van der Waals surface area (Å²) in [5.41, 5.74) is 0. The van der Waals surface area contributed by atoms with Crippen molar-refractivity contribution in [3.8, 4) is 0 Å². The van der Waals surface area contributed by atoms with Crippen LogP contribution in [0.15, 0.2) is 24.3 Å². The number of ether oxygens (including phenoxy) is 1. The zero-order valence-electron chi connectivity index (χ0n) is 14.5. The Bertz CT molecular complexity index is 285. The fourth-order valence-corrected chi connectivity index (χ4v) is 2.18. The standard InChI is InChI=1S/C19H34O2.HI/c1-3-4-5-6-7-8-9-10-11-12-13-14-15-16-17-18-19(20)21-2;/h7-8,10-11H,3-6,9,12-18H2,1-2H3;1H/b8-7-,11-10-;. The van der Waals surface area contributed by atoms with E-state index in [1.807, 2.05) is 0 Å². The van der Waals surface area contributed by atoms with Crippen LogP contribution in [0.3, 0.4) is 0 Å². The lowest BCUT2D eigenvalue weighted by molar-refractivity contribution is -0.140. The van der Waals surface area contributed by atoms with Gasteiger partial charge in [0.1, 0.15) is 0 Å². The van der Waals surface area contributed by atoms with E-state index in [0.29, 0.717) is 6.42 Å². The average molecular weight is 422 g/mol. The van der Waals surface area contributed by atoms with Crippen molar-refractivity contribution in [3.63, 3.8) is 0 Å². The lowest BCUT2D eigenvalue weighted by Gasteiger charge is -1.99. The van der Waals surface area contributed by atoms with Crippen LogP contribution >= 0.6 is 24.0 Å². The molecule has 0 atom stereocenters. The maximum absolute atomic E-state index is 10.9. The molecule has 0 heterocycles. The molecule has 0 saturated heterocycles. The average Bonchev–Trinajstić information content (AvgIpc) is 2.50. The lowest BCUT2D eigenvalue weighted by atomic mass is 10.1. The van der Waals surface area contributed by atoms with Gasteiger partial charge in [0.25, 0.3) is 0 Å². The SMILES string of the molecule is CCCCC/C=C\C/C=C\CCCCCCCC(=O)OC.I. The van der Waals surface area contributed by atoms with Crippen LogP contribution in [0.25, 0.3) is 0 Å². The van der Waals surface area contributed by atoms with E-state index in [-0.39, 0.29) is 29.9 Å². The summed E-state index contributed by atoms with van der Waals surface area (Å²) in [7, 11) is 1.45. The third-order valence-electron chi connectivity index (χ3n) is 3.56. The number of hydrogen-bond donors (Lipinski definition) is 0. The Morgan fingerprint density at radius 1 is 0.818 bits per heavy atom. The van der Waals surface area contributed by atoms with Crippen molar-refractivity contribution in [2.24, 2.45) is 0 Å². The summed E-state index contributed by atoms with van der Waals surface area (Å²) in [6.45, 7) is 2.24. The molecule has 0 N–H and O–H groups in total. The molecule has 0 spiro atoms. The molecule has 0 aliphatic carbocycles. The number of carbonyl (C=O) groups excluding carboxylic acids is 1. The van der Waals surface area contributed by atoms with Crippen molar-refractivity contribution in [2.75, 3.05) is 7.11 Å². The Kier molecular flexibility index (Phi) is 22.5. The molecule has 0 aromatic rings. The van der Waals surface area contributed by atoms with Crippen molar-refractivity contribution in [1.82, 2.24) is 0 Å². The Hall–Kier alpha value is -0.320. The van der Waals surface area contributed by atoms with Gasteiger partial charge in [-0.2, -0.15) is 0 Å². The smallest absolute Gasteiger partial charge is 0.305 e. The molecule has 3 heteroatoms. The van der Waals surface area contributed by atoms with Gasteiger partial charge < -0.3 is 4.74 Å². The molecule has 0 radical (unpaired) electrons. The van der Waals surface area contributed by atoms with Gasteiger partial charge in [0.05, 0.1) is 7.11 Å². The quantitative estimate of drug-likeness (QED) is 0.137. The Morgan fingerprint density at radius 2 is 1.36 bits per heavy atom. The predicted octanol–water partition coefficient (Wildman–Crippen LogP) is 6.59. The first kappa shape index (κ1) is 23.9. The summed E-state index contributed by atoms with van der Waals surface area (Å²) in [4.78, 5) is 10.9. The van der Waals surface area contributed by atoms with E-state index in [4.69, 9.17) is 0 Å². The van der Waals surface area contributed by atoms with Crippen LogP contribution in [0.5, 0.6) is 0 Å². The first-order valence-corrected chi connectivity index (χ1v) is 8.68. The third-order valence-corrected chi connectivity index (χ3v) is 3.56. The second kappa shape index (κ2) is 20.7. The molecule has 0 unspecified atom stereocenters. The first-order chi connectivity index (χ1) is 10.3. The van der Waals surface area contributed by atoms with E-state index in [1.54, 1.807) is 0 Å². The minimum Gasteiger partial charge on any atom is -0.469 e. The molecule has 0 rings (SSSR count). The number of methoxy groups -OCH3 is 1. The highest BCUT2D eigenvalue weighted by Crippen LogP contribution is 2.08. The number of hydrogen-bond acceptors (Lipinski definition) is 2. The molecule has 130 valence electrons. The topological polar surface area (TPSA) is 26.3 Å². The minimum absolute atomic E-state index is 0. The normalized spacial score (nSPS) is 11.0. The highest BCUT2D eigenvalue weighted by Gasteiger charge is 1.98. The van der Waals surface area contributed by atoms with Crippen molar-refractivity contribution < 1.29 is 9.53 Å². The van der Waals surface area contributed by atoms with Crippen LogP contribution in [-0.4, -0.2) is 13.1 Å². The maximum atomic E-state index is 10.9. The van der Waals surface area contributed by atoms with E-state index >= 15 is 0 Å². The van der Waals surface area contributed by atoms with Crippen LogP contribution in [0.2, 0.25) is 0 Å². The van der Waals surface area contributed by atoms with Crippen molar-refractivity contribution in [1.29, 1.82) is 0 Å². The summed E-state index contributed by atoms with van der Waals surface area (Å²) >= 11 is 0. The molecule has 0 amide bonds. The molecule has 0 aromatic carbocycles. The zero-order chi connectivity index (χ0) is 15.6. The van der Waals surface area contributed by atoms with E-state index in [1.165, 1.54) is 58.5 Å². The van der Waals surface area contributed by atoms with E-state index in [0.717, 1.165) is 19.3 Å². The van der Waals surface area contributed by atoms with Crippen LogP contribution in [0, 0.1) is 0 Å². The number of allylic oxidation sites excluding steroid dienone is 4. The lowest BCUT2D eigenvalue weighted by Crippen LogP contribution is -1.98. The molecule has 0 bridgehead atoms. The van der Waals surface area contributed by atoms with Crippen molar-refractivity contribution in [3.05, 3.63) is 24.3 Å². The van der Waals surface area contributed by atoms with E-state index in [2.05, 4.69) is 36.0 Å². The van der Waals surface area contributed by atoms with Gasteiger partial charge in [-0.25, -0.2) is 0 Å². The Labute approximate surface area is 154 Å². The minimum atomic E-state index is -0.0827. The molecule has 0 fully saturated rings. The van der Waals surface area contributed by atoms with E-state index in [9.17, 15) is 4.79 Å². The number of esters is 1. The van der Waals surface area contributed by atoms with Crippen LogP contribution in [-0.2, 0) is 9.53 Å². The second-order valence-corrected chi connectivity index (χ2v) is 5.56. The largest absolute Gasteiger partial charge is 0.469 e.